The average Bonchev–Trinajstić information content (AvgIpc) is 2.37. The van der Waals surface area contributed by atoms with Crippen LogP contribution in [0.3, 0.4) is 0 Å². The van der Waals surface area contributed by atoms with E-state index in [-0.39, 0.29) is 6.54 Å². The predicted molar refractivity (Wildman–Crippen MR) is 66.6 cm³/mol. The second kappa shape index (κ2) is 7.23. The van der Waals surface area contributed by atoms with Crippen molar-refractivity contribution in [3.05, 3.63) is 35.1 Å². The van der Waals surface area contributed by atoms with Crippen LogP contribution in [0.15, 0.2) is 18.2 Å². The third-order valence-corrected chi connectivity index (χ3v) is 2.72. The molecular formula is C13H16F4N2O. The SMILES string of the molecule is NCCCCCNC(=O)c1cccc(C(F)(F)F)c1F. The number of amides is 1. The first-order chi connectivity index (χ1) is 9.38. The molecule has 0 saturated heterocycles. The number of carbonyl (C=O) groups is 1. The Kier molecular flexibility index (Phi) is 5.94. The molecule has 7 heteroatoms. The molecule has 3 N–H and O–H groups in total. The minimum absolute atomic E-state index is 0.272. The van der Waals surface area contributed by atoms with Crippen LogP contribution in [0.2, 0.25) is 0 Å². The van der Waals surface area contributed by atoms with Gasteiger partial charge in [0, 0.05) is 6.54 Å². The molecule has 0 saturated carbocycles. The molecule has 1 aromatic carbocycles. The van der Waals surface area contributed by atoms with Gasteiger partial charge in [0.15, 0.2) is 0 Å². The highest BCUT2D eigenvalue weighted by molar-refractivity contribution is 5.94. The summed E-state index contributed by atoms with van der Waals surface area (Å²) < 4.78 is 51.2. The summed E-state index contributed by atoms with van der Waals surface area (Å²) in [6.07, 6.45) is -2.58. The van der Waals surface area contributed by atoms with Gasteiger partial charge in [0.05, 0.1) is 11.1 Å². The van der Waals surface area contributed by atoms with Crippen molar-refractivity contribution in [3.63, 3.8) is 0 Å². The first-order valence-electron chi connectivity index (χ1n) is 6.22. The van der Waals surface area contributed by atoms with Crippen molar-refractivity contribution in [1.82, 2.24) is 5.32 Å². The Morgan fingerprint density at radius 3 is 2.50 bits per heavy atom. The molecule has 0 aliphatic heterocycles. The molecule has 0 aromatic heterocycles. The molecule has 0 fully saturated rings. The second-order valence-corrected chi connectivity index (χ2v) is 4.27. The lowest BCUT2D eigenvalue weighted by molar-refractivity contribution is -0.140. The molecule has 0 bridgehead atoms. The largest absolute Gasteiger partial charge is 0.419 e. The quantitative estimate of drug-likeness (QED) is 0.625. The van der Waals surface area contributed by atoms with E-state index in [1.807, 2.05) is 0 Å². The monoisotopic (exact) mass is 292 g/mol. The lowest BCUT2D eigenvalue weighted by atomic mass is 10.1. The van der Waals surface area contributed by atoms with Crippen molar-refractivity contribution in [2.45, 2.75) is 25.4 Å². The van der Waals surface area contributed by atoms with Crippen LogP contribution in [0.4, 0.5) is 17.6 Å². The fraction of sp³-hybridized carbons (Fsp3) is 0.462. The first-order valence-corrected chi connectivity index (χ1v) is 6.22. The van der Waals surface area contributed by atoms with Gasteiger partial charge in [-0.15, -0.1) is 0 Å². The van der Waals surface area contributed by atoms with E-state index in [1.54, 1.807) is 0 Å². The molecule has 0 aliphatic rings. The molecule has 20 heavy (non-hydrogen) atoms. The van der Waals surface area contributed by atoms with Crippen LogP contribution in [-0.2, 0) is 6.18 Å². The molecule has 0 radical (unpaired) electrons. The first kappa shape index (κ1) is 16.4. The summed E-state index contributed by atoms with van der Waals surface area (Å²) in [5.74, 6) is -2.39. The highest BCUT2D eigenvalue weighted by Gasteiger charge is 2.35. The number of nitrogens with two attached hydrogens (primary N) is 1. The third-order valence-electron chi connectivity index (χ3n) is 2.72. The Morgan fingerprint density at radius 1 is 1.20 bits per heavy atom. The van der Waals surface area contributed by atoms with Crippen molar-refractivity contribution < 1.29 is 22.4 Å². The molecule has 0 heterocycles. The van der Waals surface area contributed by atoms with Gasteiger partial charge in [-0.25, -0.2) is 4.39 Å². The summed E-state index contributed by atoms with van der Waals surface area (Å²) in [6.45, 7) is 0.810. The normalized spacial score (nSPS) is 11.4. The number of hydrogen-bond acceptors (Lipinski definition) is 2. The maximum Gasteiger partial charge on any atom is 0.419 e. The van der Waals surface area contributed by atoms with Crippen molar-refractivity contribution in [2.75, 3.05) is 13.1 Å². The van der Waals surface area contributed by atoms with Gasteiger partial charge in [0.1, 0.15) is 5.82 Å². The van der Waals surface area contributed by atoms with Crippen LogP contribution >= 0.6 is 0 Å². The van der Waals surface area contributed by atoms with E-state index < -0.39 is 29.0 Å². The van der Waals surface area contributed by atoms with Gasteiger partial charge >= 0.3 is 6.18 Å². The smallest absolute Gasteiger partial charge is 0.352 e. The van der Waals surface area contributed by atoms with Crippen LogP contribution in [0.1, 0.15) is 35.2 Å². The van der Waals surface area contributed by atoms with E-state index >= 15 is 0 Å². The topological polar surface area (TPSA) is 55.1 Å². The van der Waals surface area contributed by atoms with Crippen LogP contribution in [0, 0.1) is 5.82 Å². The van der Waals surface area contributed by atoms with E-state index in [0.29, 0.717) is 19.0 Å². The summed E-state index contributed by atoms with van der Waals surface area (Å²) in [7, 11) is 0. The molecule has 1 amide bonds. The second-order valence-electron chi connectivity index (χ2n) is 4.27. The zero-order chi connectivity index (χ0) is 15.2. The lowest BCUT2D eigenvalue weighted by Crippen LogP contribution is -2.26. The summed E-state index contributed by atoms with van der Waals surface area (Å²) >= 11 is 0. The van der Waals surface area contributed by atoms with Crippen molar-refractivity contribution in [1.29, 1.82) is 0 Å². The molecule has 0 atom stereocenters. The lowest BCUT2D eigenvalue weighted by Gasteiger charge is -2.11. The van der Waals surface area contributed by atoms with E-state index in [1.165, 1.54) is 0 Å². The number of halogens is 4. The Morgan fingerprint density at radius 2 is 1.90 bits per heavy atom. The summed E-state index contributed by atoms with van der Waals surface area (Å²) in [6, 6.07) is 2.64. The summed E-state index contributed by atoms with van der Waals surface area (Å²) in [4.78, 5) is 11.6. The maximum absolute atomic E-state index is 13.7. The predicted octanol–water partition coefficient (Wildman–Crippen LogP) is 2.70. The number of hydrogen-bond donors (Lipinski definition) is 2. The Balaban J connectivity index is 2.69. The Labute approximate surface area is 114 Å². The molecule has 0 aliphatic carbocycles. The van der Waals surface area contributed by atoms with Gasteiger partial charge in [-0.1, -0.05) is 12.5 Å². The molecular weight excluding hydrogens is 276 g/mol. The number of benzene rings is 1. The number of nitrogens with one attached hydrogen (secondary N) is 1. The minimum atomic E-state index is -4.82. The van der Waals surface area contributed by atoms with Gasteiger partial charge in [-0.3, -0.25) is 4.79 Å². The highest BCUT2D eigenvalue weighted by Crippen LogP contribution is 2.32. The van der Waals surface area contributed by atoms with E-state index in [2.05, 4.69) is 5.32 Å². The Hall–Kier alpha value is -1.63. The van der Waals surface area contributed by atoms with Gasteiger partial charge in [-0.2, -0.15) is 13.2 Å². The van der Waals surface area contributed by atoms with Gasteiger partial charge in [-0.05, 0) is 31.5 Å². The van der Waals surface area contributed by atoms with E-state index in [0.717, 1.165) is 25.0 Å². The minimum Gasteiger partial charge on any atom is -0.352 e. The number of unbranched alkanes of at least 4 members (excludes halogenated alkanes) is 2. The van der Waals surface area contributed by atoms with Gasteiger partial charge < -0.3 is 11.1 Å². The van der Waals surface area contributed by atoms with Crippen molar-refractivity contribution in [2.24, 2.45) is 5.73 Å². The zero-order valence-corrected chi connectivity index (χ0v) is 10.8. The fourth-order valence-corrected chi connectivity index (χ4v) is 1.67. The van der Waals surface area contributed by atoms with Crippen LogP contribution < -0.4 is 11.1 Å². The standard InChI is InChI=1S/C13H16F4N2O/c14-11-9(5-4-6-10(11)13(15,16)17)12(20)19-8-3-1-2-7-18/h4-6H,1-3,7-8,18H2,(H,19,20). The molecule has 0 spiro atoms. The number of alkyl halides is 3. The molecule has 3 nitrogen and oxygen atoms in total. The van der Waals surface area contributed by atoms with Crippen molar-refractivity contribution >= 4 is 5.91 Å². The maximum atomic E-state index is 13.7. The molecule has 112 valence electrons. The summed E-state index contributed by atoms with van der Waals surface area (Å²) in [5.41, 5.74) is 3.26. The number of carbonyl (C=O) groups excluding carboxylic acids is 1. The molecule has 1 rings (SSSR count). The van der Waals surface area contributed by atoms with Crippen LogP contribution in [-0.4, -0.2) is 19.0 Å². The fourth-order valence-electron chi connectivity index (χ4n) is 1.67. The van der Waals surface area contributed by atoms with Gasteiger partial charge in [0.2, 0.25) is 0 Å². The van der Waals surface area contributed by atoms with Crippen LogP contribution in [0.25, 0.3) is 0 Å². The number of rotatable bonds is 6. The molecule has 0 unspecified atom stereocenters. The van der Waals surface area contributed by atoms with Crippen LogP contribution in [0.5, 0.6) is 0 Å². The average molecular weight is 292 g/mol. The third kappa shape index (κ3) is 4.48. The van der Waals surface area contributed by atoms with E-state index in [4.69, 9.17) is 5.73 Å². The van der Waals surface area contributed by atoms with E-state index in [9.17, 15) is 22.4 Å². The zero-order valence-electron chi connectivity index (χ0n) is 10.8. The van der Waals surface area contributed by atoms with Gasteiger partial charge in [0.25, 0.3) is 5.91 Å². The highest BCUT2D eigenvalue weighted by atomic mass is 19.4. The molecule has 1 aromatic rings. The van der Waals surface area contributed by atoms with Crippen molar-refractivity contribution in [3.8, 4) is 0 Å². The summed E-state index contributed by atoms with van der Waals surface area (Å²) in [5, 5.41) is 2.39. The Bertz CT molecular complexity index is 460.